The smallest absolute Gasteiger partial charge is 0.341 e. The highest BCUT2D eigenvalue weighted by Crippen LogP contribution is 2.36. The van der Waals surface area contributed by atoms with E-state index in [2.05, 4.69) is 4.72 Å². The van der Waals surface area contributed by atoms with Crippen LogP contribution in [0, 0.1) is 0 Å². The molecule has 33 heavy (non-hydrogen) atoms. The molecule has 1 unspecified atom stereocenters. The second-order valence-corrected chi connectivity index (χ2v) is 9.70. The van der Waals surface area contributed by atoms with E-state index < -0.39 is 28.6 Å². The normalized spacial score (nSPS) is 15.5. The van der Waals surface area contributed by atoms with Crippen molar-refractivity contribution >= 4 is 27.6 Å². The molecule has 3 aromatic rings. The molecule has 0 aromatic heterocycles. The van der Waals surface area contributed by atoms with Crippen LogP contribution < -0.4 is 14.2 Å². The molecular formula is C24H22ClNO6S. The molecule has 0 saturated heterocycles. The Labute approximate surface area is 197 Å². The lowest BCUT2D eigenvalue weighted by molar-refractivity contribution is -0.139. The molecule has 1 atom stereocenters. The minimum Gasteiger partial charge on any atom is -0.482 e. The van der Waals surface area contributed by atoms with E-state index in [0.717, 1.165) is 17.5 Å². The molecule has 3 aromatic carbocycles. The maximum absolute atomic E-state index is 13.1. The van der Waals surface area contributed by atoms with Gasteiger partial charge in [0, 0.05) is 6.04 Å². The maximum Gasteiger partial charge on any atom is 0.341 e. The summed E-state index contributed by atoms with van der Waals surface area (Å²) in [6.45, 7) is -0.449. The number of ether oxygens (including phenoxy) is 2. The van der Waals surface area contributed by atoms with E-state index in [1.807, 2.05) is 6.07 Å². The first-order chi connectivity index (χ1) is 15.8. The zero-order valence-corrected chi connectivity index (χ0v) is 19.1. The molecule has 1 aliphatic rings. The number of carboxylic acid groups (broad SMARTS) is 1. The van der Waals surface area contributed by atoms with Gasteiger partial charge in [-0.15, -0.1) is 0 Å². The van der Waals surface area contributed by atoms with Gasteiger partial charge in [-0.2, -0.15) is 0 Å². The van der Waals surface area contributed by atoms with Crippen molar-refractivity contribution in [3.63, 3.8) is 0 Å². The Bertz CT molecular complexity index is 1260. The van der Waals surface area contributed by atoms with Gasteiger partial charge in [-0.1, -0.05) is 35.9 Å². The molecule has 0 bridgehead atoms. The van der Waals surface area contributed by atoms with Gasteiger partial charge in [0.1, 0.15) is 17.2 Å². The number of para-hydroxylation sites is 1. The standard InChI is InChI=1S/C24H22ClNO6S/c25-20-7-1-2-9-23(20)32-16-11-13-17(14-12-16)33(29,30)26-21-8-3-6-19-18(21)5-4-10-22(19)31-15-24(27)28/h1-2,4-5,7,9-14,21,26H,3,6,8,15H2,(H,27,28). The van der Waals surface area contributed by atoms with E-state index >= 15 is 0 Å². The monoisotopic (exact) mass is 487 g/mol. The highest BCUT2D eigenvalue weighted by Gasteiger charge is 2.27. The number of nitrogens with one attached hydrogen (secondary N) is 1. The van der Waals surface area contributed by atoms with Crippen LogP contribution in [0.15, 0.2) is 71.6 Å². The maximum atomic E-state index is 13.1. The number of fused-ring (bicyclic) bond motifs is 1. The summed E-state index contributed by atoms with van der Waals surface area (Å²) in [5, 5.41) is 9.35. The molecule has 0 aliphatic heterocycles. The highest BCUT2D eigenvalue weighted by molar-refractivity contribution is 7.89. The van der Waals surface area contributed by atoms with Crippen LogP contribution in [0.1, 0.15) is 30.0 Å². The first-order valence-corrected chi connectivity index (χ1v) is 12.2. The van der Waals surface area contributed by atoms with Gasteiger partial charge in [-0.25, -0.2) is 17.9 Å². The fourth-order valence-corrected chi connectivity index (χ4v) is 5.23. The minimum absolute atomic E-state index is 0.111. The molecule has 1 aliphatic carbocycles. The van der Waals surface area contributed by atoms with Crippen LogP contribution in [-0.4, -0.2) is 26.1 Å². The molecule has 9 heteroatoms. The average Bonchev–Trinajstić information content (AvgIpc) is 2.79. The van der Waals surface area contributed by atoms with Gasteiger partial charge in [-0.05, 0) is 72.9 Å². The molecule has 172 valence electrons. The second-order valence-electron chi connectivity index (χ2n) is 7.58. The molecule has 7 nitrogen and oxygen atoms in total. The predicted molar refractivity (Wildman–Crippen MR) is 124 cm³/mol. The summed E-state index contributed by atoms with van der Waals surface area (Å²) in [7, 11) is -3.81. The van der Waals surface area contributed by atoms with Crippen molar-refractivity contribution in [2.75, 3.05) is 6.61 Å². The predicted octanol–water partition coefficient (Wildman–Crippen LogP) is 4.95. The van der Waals surface area contributed by atoms with Crippen molar-refractivity contribution < 1.29 is 27.8 Å². The van der Waals surface area contributed by atoms with Crippen molar-refractivity contribution in [3.05, 3.63) is 82.9 Å². The number of hydrogen-bond donors (Lipinski definition) is 2. The zero-order chi connectivity index (χ0) is 23.4. The molecule has 0 fully saturated rings. The van der Waals surface area contributed by atoms with E-state index in [1.165, 1.54) is 12.1 Å². The Morgan fingerprint density at radius 2 is 1.76 bits per heavy atom. The lowest BCUT2D eigenvalue weighted by atomic mass is 9.87. The van der Waals surface area contributed by atoms with Crippen molar-refractivity contribution in [3.8, 4) is 17.2 Å². The van der Waals surface area contributed by atoms with Crippen molar-refractivity contribution in [2.24, 2.45) is 0 Å². The van der Waals surface area contributed by atoms with Crippen LogP contribution >= 0.6 is 11.6 Å². The summed E-state index contributed by atoms with van der Waals surface area (Å²) in [5.41, 5.74) is 1.63. The molecule has 0 saturated carbocycles. The molecule has 0 heterocycles. The van der Waals surface area contributed by atoms with Crippen LogP contribution in [0.5, 0.6) is 17.2 Å². The Morgan fingerprint density at radius 3 is 2.48 bits per heavy atom. The third-order valence-electron chi connectivity index (χ3n) is 5.31. The molecular weight excluding hydrogens is 466 g/mol. The number of hydrogen-bond acceptors (Lipinski definition) is 5. The minimum atomic E-state index is -3.81. The van der Waals surface area contributed by atoms with Crippen molar-refractivity contribution in [1.29, 1.82) is 0 Å². The largest absolute Gasteiger partial charge is 0.482 e. The molecule has 0 amide bonds. The first kappa shape index (κ1) is 23.1. The summed E-state index contributed by atoms with van der Waals surface area (Å²) in [5.74, 6) is 0.348. The molecule has 4 rings (SSSR count). The lowest BCUT2D eigenvalue weighted by Crippen LogP contribution is -2.31. The molecule has 2 N–H and O–H groups in total. The van der Waals surface area contributed by atoms with Gasteiger partial charge in [0.25, 0.3) is 0 Å². The zero-order valence-electron chi connectivity index (χ0n) is 17.5. The van der Waals surface area contributed by atoms with E-state index in [0.29, 0.717) is 35.1 Å². The van der Waals surface area contributed by atoms with Crippen LogP contribution in [0.2, 0.25) is 5.02 Å². The number of halogens is 1. The van der Waals surface area contributed by atoms with Gasteiger partial charge < -0.3 is 14.6 Å². The van der Waals surface area contributed by atoms with E-state index in [9.17, 15) is 13.2 Å². The third-order valence-corrected chi connectivity index (χ3v) is 7.11. The Balaban J connectivity index is 1.51. The second kappa shape index (κ2) is 9.82. The van der Waals surface area contributed by atoms with Crippen LogP contribution in [0.3, 0.4) is 0 Å². The van der Waals surface area contributed by atoms with E-state index in [-0.39, 0.29) is 4.90 Å². The van der Waals surface area contributed by atoms with Gasteiger partial charge >= 0.3 is 5.97 Å². The number of sulfonamides is 1. The van der Waals surface area contributed by atoms with Crippen LogP contribution in [0.4, 0.5) is 0 Å². The fourth-order valence-electron chi connectivity index (χ4n) is 3.81. The van der Waals surface area contributed by atoms with Crippen LogP contribution in [0.25, 0.3) is 0 Å². The summed E-state index contributed by atoms with van der Waals surface area (Å²) >= 11 is 6.11. The Hall–Kier alpha value is -3.07. The third kappa shape index (κ3) is 5.47. The van der Waals surface area contributed by atoms with E-state index in [4.69, 9.17) is 26.2 Å². The van der Waals surface area contributed by atoms with Gasteiger partial charge in [0.15, 0.2) is 6.61 Å². The summed E-state index contributed by atoms with van der Waals surface area (Å²) in [4.78, 5) is 11.0. The summed E-state index contributed by atoms with van der Waals surface area (Å²) in [6.07, 6.45) is 2.07. The summed E-state index contributed by atoms with van der Waals surface area (Å²) < 4.78 is 40.0. The molecule has 0 radical (unpaired) electrons. The average molecular weight is 488 g/mol. The van der Waals surface area contributed by atoms with Gasteiger partial charge in [0.05, 0.1) is 9.92 Å². The Morgan fingerprint density at radius 1 is 1.03 bits per heavy atom. The van der Waals surface area contributed by atoms with Gasteiger partial charge in [0.2, 0.25) is 10.0 Å². The number of benzene rings is 3. The Kier molecular flexibility index (Phi) is 6.88. The van der Waals surface area contributed by atoms with Crippen LogP contribution in [-0.2, 0) is 21.2 Å². The quantitative estimate of drug-likeness (QED) is 0.466. The lowest BCUT2D eigenvalue weighted by Gasteiger charge is -2.27. The number of carboxylic acids is 1. The first-order valence-electron chi connectivity index (χ1n) is 10.3. The fraction of sp³-hybridized carbons (Fsp3) is 0.208. The number of rotatable bonds is 8. The summed E-state index contributed by atoms with van der Waals surface area (Å²) in [6, 6.07) is 18.0. The molecule has 0 spiro atoms. The topological polar surface area (TPSA) is 102 Å². The number of carbonyl (C=O) groups is 1. The van der Waals surface area contributed by atoms with Gasteiger partial charge in [-0.3, -0.25) is 0 Å². The van der Waals surface area contributed by atoms with E-state index in [1.54, 1.807) is 48.5 Å². The number of aliphatic carboxylic acids is 1. The van der Waals surface area contributed by atoms with Crippen molar-refractivity contribution in [2.45, 2.75) is 30.2 Å². The van der Waals surface area contributed by atoms with Crippen molar-refractivity contribution in [1.82, 2.24) is 4.72 Å². The SMILES string of the molecule is O=C(O)COc1cccc2c1CCCC2NS(=O)(=O)c1ccc(Oc2ccccc2Cl)cc1. The highest BCUT2D eigenvalue weighted by atomic mass is 35.5.